The zero-order chi connectivity index (χ0) is 41.6. The predicted octanol–water partition coefficient (Wildman–Crippen LogP) is 7.64. The van der Waals surface area contributed by atoms with Gasteiger partial charge in [-0.15, -0.1) is 11.3 Å². The van der Waals surface area contributed by atoms with Crippen LogP contribution in [0.3, 0.4) is 0 Å². The van der Waals surface area contributed by atoms with Gasteiger partial charge in [-0.1, -0.05) is 18.7 Å². The average Bonchev–Trinajstić information content (AvgIpc) is 3.84. The second kappa shape index (κ2) is 15.9. The van der Waals surface area contributed by atoms with Crippen LogP contribution in [0.2, 0.25) is 0 Å². The maximum Gasteiger partial charge on any atom is 0.411 e. The summed E-state index contributed by atoms with van der Waals surface area (Å²) in [4.78, 5) is 49.7. The molecule has 0 saturated heterocycles. The lowest BCUT2D eigenvalue weighted by Crippen LogP contribution is -2.53. The number of aromatic nitrogens is 3. The van der Waals surface area contributed by atoms with Gasteiger partial charge in [-0.25, -0.2) is 18.6 Å². The van der Waals surface area contributed by atoms with Crippen LogP contribution in [0.4, 0.5) is 13.6 Å². The van der Waals surface area contributed by atoms with Crippen molar-refractivity contribution in [2.75, 3.05) is 41.0 Å². The fraction of sp³-hybridized carbons (Fsp3) is 0.372. The van der Waals surface area contributed by atoms with Crippen LogP contribution in [0.1, 0.15) is 50.6 Å². The van der Waals surface area contributed by atoms with Crippen molar-refractivity contribution in [2.45, 2.75) is 64.9 Å². The lowest BCUT2D eigenvalue weighted by atomic mass is 9.90. The number of pyridine rings is 1. The maximum absolute atomic E-state index is 16.3. The third-order valence-electron chi connectivity index (χ3n) is 10.3. The van der Waals surface area contributed by atoms with Crippen molar-refractivity contribution in [3.05, 3.63) is 89.0 Å². The van der Waals surface area contributed by atoms with Crippen molar-refractivity contribution >= 4 is 39.3 Å². The molecule has 5 heterocycles. The van der Waals surface area contributed by atoms with Gasteiger partial charge in [0.25, 0.3) is 0 Å². The Kier molecular flexibility index (Phi) is 11.1. The van der Waals surface area contributed by atoms with Crippen LogP contribution < -0.4 is 4.74 Å². The summed E-state index contributed by atoms with van der Waals surface area (Å²) in [7, 11) is 4.83. The molecule has 0 fully saturated rings. The number of carbonyl (C=O) groups is 3. The van der Waals surface area contributed by atoms with E-state index in [-0.39, 0.29) is 55.3 Å². The quantitative estimate of drug-likeness (QED) is 0.110. The number of thiophene rings is 1. The Bertz CT molecular complexity index is 2440. The summed E-state index contributed by atoms with van der Waals surface area (Å²) >= 11 is 1.37. The fourth-order valence-corrected chi connectivity index (χ4v) is 8.55. The van der Waals surface area contributed by atoms with E-state index >= 15 is 4.39 Å². The van der Waals surface area contributed by atoms with Crippen molar-refractivity contribution in [2.24, 2.45) is 0 Å². The molecule has 0 saturated carbocycles. The van der Waals surface area contributed by atoms with Gasteiger partial charge in [-0.3, -0.25) is 19.2 Å². The molecule has 304 valence electrons. The second-order valence-corrected chi connectivity index (χ2v) is 16.5. The smallest absolute Gasteiger partial charge is 0.411 e. The van der Waals surface area contributed by atoms with E-state index in [1.54, 1.807) is 39.8 Å². The molecule has 0 radical (unpaired) electrons. The first-order valence-corrected chi connectivity index (χ1v) is 19.8. The molecule has 58 heavy (non-hydrogen) atoms. The summed E-state index contributed by atoms with van der Waals surface area (Å²) in [5.74, 6) is -2.07. The van der Waals surface area contributed by atoms with E-state index in [1.165, 1.54) is 34.3 Å². The molecule has 7 rings (SSSR count). The third kappa shape index (κ3) is 7.67. The molecule has 0 N–H and O–H groups in total. The third-order valence-corrected chi connectivity index (χ3v) is 11.3. The SMILES string of the molecule is C=CC(=O)N1CCn2nc(-c3nc(-c4ccc5c(c4)CN(C(=O)OC(C)(C)C)[C@@H](C(=O)N(C)C)C5)c4ccsc4c3-c3c(F)cc(F)cc3OCCOC)cc2[C@H]1C. The monoisotopic (exact) mass is 812 g/mol. The molecule has 0 bridgehead atoms. The molecule has 15 heteroatoms. The summed E-state index contributed by atoms with van der Waals surface area (Å²) in [6.45, 7) is 12.1. The number of carbonyl (C=O) groups excluding carboxylic acids is 3. The number of amides is 3. The Balaban J connectivity index is 1.43. The molecule has 2 aliphatic heterocycles. The minimum Gasteiger partial charge on any atom is -0.490 e. The van der Waals surface area contributed by atoms with E-state index < -0.39 is 29.4 Å². The highest BCUT2D eigenvalue weighted by molar-refractivity contribution is 7.18. The molecular weight excluding hydrogens is 767 g/mol. The first-order valence-electron chi connectivity index (χ1n) is 19.0. The zero-order valence-electron chi connectivity index (χ0n) is 33.6. The number of halogens is 2. The molecule has 2 aliphatic rings. The maximum atomic E-state index is 16.3. The van der Waals surface area contributed by atoms with E-state index in [0.717, 1.165) is 29.0 Å². The highest BCUT2D eigenvalue weighted by Crippen LogP contribution is 2.48. The largest absolute Gasteiger partial charge is 0.490 e. The lowest BCUT2D eigenvalue weighted by Gasteiger charge is -2.38. The van der Waals surface area contributed by atoms with Crippen LogP contribution in [0.5, 0.6) is 5.75 Å². The molecule has 2 aromatic carbocycles. The van der Waals surface area contributed by atoms with Crippen LogP contribution in [0.15, 0.2) is 60.5 Å². The predicted molar refractivity (Wildman–Crippen MR) is 217 cm³/mol. The van der Waals surface area contributed by atoms with Crippen LogP contribution >= 0.6 is 11.3 Å². The number of rotatable bonds is 9. The molecule has 2 atom stereocenters. The van der Waals surface area contributed by atoms with Gasteiger partial charge < -0.3 is 24.0 Å². The first-order chi connectivity index (χ1) is 27.6. The topological polar surface area (TPSA) is 119 Å². The van der Waals surface area contributed by atoms with E-state index in [0.29, 0.717) is 51.4 Å². The van der Waals surface area contributed by atoms with Gasteiger partial charge in [-0.2, -0.15) is 5.10 Å². The molecule has 12 nitrogen and oxygen atoms in total. The minimum absolute atomic E-state index is 0.0158. The van der Waals surface area contributed by atoms with Crippen molar-refractivity contribution in [3.8, 4) is 39.5 Å². The number of benzene rings is 2. The number of hydrogen-bond donors (Lipinski definition) is 0. The van der Waals surface area contributed by atoms with Gasteiger partial charge in [-0.05, 0) is 68.5 Å². The number of methoxy groups -OCH3 is 1. The normalized spacial score (nSPS) is 16.5. The van der Waals surface area contributed by atoms with Crippen LogP contribution in [-0.2, 0) is 38.6 Å². The molecule has 5 aromatic rings. The number of hydrogen-bond acceptors (Lipinski definition) is 9. The number of likely N-dealkylation sites (N-methyl/N-ethyl adjacent to an activating group) is 1. The highest BCUT2D eigenvalue weighted by atomic mass is 32.1. The minimum atomic E-state index is -0.837. The highest BCUT2D eigenvalue weighted by Gasteiger charge is 2.38. The van der Waals surface area contributed by atoms with Crippen LogP contribution in [-0.4, -0.2) is 100.0 Å². The standard InChI is InChI=1S/C43H46F2N6O6S/c1-9-35(52)49-13-14-51-32(24(49)2)22-31(47-51)39-37(36-30(45)20-28(44)21-34(36)56-16-15-55-8)40-29(12-17-58-40)38(46-39)26-11-10-25-19-33(41(53)48(6)7)50(23-27(25)18-26)42(54)57-43(3,4)5/h9-12,17-18,20-22,24,33H,1,13-16,19,23H2,2-8H3/t24-,33-/m1/s1. The number of fused-ring (bicyclic) bond motifs is 3. The van der Waals surface area contributed by atoms with Crippen molar-refractivity contribution in [1.29, 1.82) is 0 Å². The summed E-state index contributed by atoms with van der Waals surface area (Å²) in [5, 5.41) is 7.56. The van der Waals surface area contributed by atoms with E-state index in [9.17, 15) is 18.8 Å². The summed E-state index contributed by atoms with van der Waals surface area (Å²) in [6.07, 6.45) is 0.982. The van der Waals surface area contributed by atoms with E-state index in [4.69, 9.17) is 24.3 Å². The number of nitrogens with zero attached hydrogens (tertiary/aromatic N) is 6. The van der Waals surface area contributed by atoms with Gasteiger partial charge >= 0.3 is 6.09 Å². The van der Waals surface area contributed by atoms with Gasteiger partial charge in [0.2, 0.25) is 11.8 Å². The van der Waals surface area contributed by atoms with Gasteiger partial charge in [0.15, 0.2) is 0 Å². The van der Waals surface area contributed by atoms with Gasteiger partial charge in [0, 0.05) is 67.5 Å². The molecular formula is C43H46F2N6O6S. The second-order valence-electron chi connectivity index (χ2n) is 15.6. The molecule has 0 unspecified atom stereocenters. The fourth-order valence-electron chi connectivity index (χ4n) is 7.60. The Morgan fingerprint density at radius 3 is 2.48 bits per heavy atom. The molecule has 0 spiro atoms. The van der Waals surface area contributed by atoms with Crippen molar-refractivity contribution in [1.82, 2.24) is 29.5 Å². The Morgan fingerprint density at radius 2 is 1.78 bits per heavy atom. The molecule has 0 aliphatic carbocycles. The summed E-state index contributed by atoms with van der Waals surface area (Å²) < 4.78 is 50.6. The molecule has 3 aromatic heterocycles. The lowest BCUT2D eigenvalue weighted by molar-refractivity contribution is -0.135. The van der Waals surface area contributed by atoms with Crippen molar-refractivity contribution in [3.63, 3.8) is 0 Å². The summed E-state index contributed by atoms with van der Waals surface area (Å²) in [5.41, 5.74) is 4.14. The zero-order valence-corrected chi connectivity index (χ0v) is 34.4. The van der Waals surface area contributed by atoms with Crippen LogP contribution in [0, 0.1) is 11.6 Å². The molecule has 3 amide bonds. The Hall–Kier alpha value is -5.67. The summed E-state index contributed by atoms with van der Waals surface area (Å²) in [6, 6.07) is 10.5. The number of ether oxygens (including phenoxy) is 3. The van der Waals surface area contributed by atoms with E-state index in [1.807, 2.05) is 47.3 Å². The Labute approximate surface area is 339 Å². The first kappa shape index (κ1) is 40.5. The van der Waals surface area contributed by atoms with Crippen LogP contribution in [0.25, 0.3) is 43.9 Å². The van der Waals surface area contributed by atoms with E-state index in [2.05, 4.69) is 6.58 Å². The van der Waals surface area contributed by atoms with Gasteiger partial charge in [0.1, 0.15) is 47.0 Å². The average molecular weight is 813 g/mol. The van der Waals surface area contributed by atoms with Crippen molar-refractivity contribution < 1.29 is 37.4 Å². The van der Waals surface area contributed by atoms with Gasteiger partial charge in [0.05, 0.1) is 42.7 Å². The Morgan fingerprint density at radius 1 is 1.00 bits per heavy atom.